The molecule has 8 nitrogen and oxygen atoms in total. The Labute approximate surface area is 196 Å². The second kappa shape index (κ2) is 9.15. The van der Waals surface area contributed by atoms with Crippen molar-refractivity contribution in [2.75, 3.05) is 6.61 Å². The second-order valence-corrected chi connectivity index (χ2v) is 8.16. The summed E-state index contributed by atoms with van der Waals surface area (Å²) in [5.41, 5.74) is 4.72. The largest absolute Gasteiger partial charge is 0.497 e. The van der Waals surface area contributed by atoms with Gasteiger partial charge in [-0.1, -0.05) is 20.1 Å². The minimum Gasteiger partial charge on any atom is -0.497 e. The number of pyridine rings is 2. The molecule has 3 heterocycles. The van der Waals surface area contributed by atoms with Crippen molar-refractivity contribution in [3.8, 4) is 17.1 Å². The Morgan fingerprint density at radius 2 is 2.09 bits per heavy atom. The number of aliphatic carboxylic acids is 1. The molecule has 0 fully saturated rings. The van der Waals surface area contributed by atoms with E-state index in [9.17, 15) is 14.7 Å². The lowest BCUT2D eigenvalue weighted by molar-refractivity contribution is -0.133. The first-order valence-electron chi connectivity index (χ1n) is 10.9. The fourth-order valence-electron chi connectivity index (χ4n) is 4.34. The van der Waals surface area contributed by atoms with Crippen molar-refractivity contribution in [3.63, 3.8) is 0 Å². The maximum atomic E-state index is 13.3. The van der Waals surface area contributed by atoms with Crippen LogP contribution in [0.5, 0.6) is 5.75 Å². The lowest BCUT2D eigenvalue weighted by Crippen LogP contribution is -2.26. The highest BCUT2D eigenvalue weighted by atomic mass is 16.5. The number of aromatic nitrogens is 2. The number of carboxylic acid groups (broad SMARTS) is 1. The first-order chi connectivity index (χ1) is 16.3. The molecular weight excluding hydrogens is 436 g/mol. The van der Waals surface area contributed by atoms with Crippen molar-refractivity contribution < 1.29 is 24.5 Å². The van der Waals surface area contributed by atoms with Crippen LogP contribution < -0.4 is 10.3 Å². The summed E-state index contributed by atoms with van der Waals surface area (Å²) < 4.78 is 12.6. The second-order valence-electron chi connectivity index (χ2n) is 8.16. The Morgan fingerprint density at radius 3 is 2.74 bits per heavy atom. The average Bonchev–Trinajstić information content (AvgIpc) is 3.18. The SMILES string of the molecule is C=COCc1c(C(C)O)cc2n(c1=O)Cc1c-2nc2ccc(OCC(=C)C(=O)O)cc2c1CC. The van der Waals surface area contributed by atoms with Gasteiger partial charge in [0.15, 0.2) is 0 Å². The molecule has 0 saturated heterocycles. The highest BCUT2D eigenvalue weighted by Gasteiger charge is 2.28. The summed E-state index contributed by atoms with van der Waals surface area (Å²) in [4.78, 5) is 29.2. The van der Waals surface area contributed by atoms with E-state index in [-0.39, 0.29) is 24.3 Å². The normalized spacial score (nSPS) is 12.7. The van der Waals surface area contributed by atoms with E-state index < -0.39 is 12.1 Å². The fraction of sp³-hybridized carbons (Fsp3) is 0.269. The maximum absolute atomic E-state index is 13.3. The fourth-order valence-corrected chi connectivity index (χ4v) is 4.34. The van der Waals surface area contributed by atoms with Crippen LogP contribution in [0.1, 0.15) is 42.2 Å². The molecule has 1 aliphatic heterocycles. The van der Waals surface area contributed by atoms with Crippen LogP contribution in [-0.4, -0.2) is 32.3 Å². The molecule has 2 N–H and O–H groups in total. The van der Waals surface area contributed by atoms with E-state index in [0.29, 0.717) is 41.2 Å². The number of nitrogens with zero attached hydrogens (tertiary/aromatic N) is 2. The number of carbonyl (C=O) groups is 1. The van der Waals surface area contributed by atoms with Crippen LogP contribution in [0.25, 0.3) is 22.3 Å². The molecule has 8 heteroatoms. The van der Waals surface area contributed by atoms with E-state index in [1.807, 2.05) is 25.1 Å². The quantitative estimate of drug-likeness (QED) is 0.288. The van der Waals surface area contributed by atoms with Crippen LogP contribution in [-0.2, 0) is 29.1 Å². The zero-order chi connectivity index (χ0) is 24.6. The Bertz CT molecular complexity index is 1390. The maximum Gasteiger partial charge on any atom is 0.334 e. The van der Waals surface area contributed by atoms with Crippen molar-refractivity contribution in [1.82, 2.24) is 9.55 Å². The van der Waals surface area contributed by atoms with E-state index >= 15 is 0 Å². The van der Waals surface area contributed by atoms with Crippen LogP contribution in [0.3, 0.4) is 0 Å². The molecule has 0 bridgehead atoms. The molecule has 34 heavy (non-hydrogen) atoms. The molecule has 4 rings (SSSR count). The van der Waals surface area contributed by atoms with Crippen molar-refractivity contribution >= 4 is 16.9 Å². The highest BCUT2D eigenvalue weighted by molar-refractivity contribution is 5.89. The molecule has 3 aromatic rings. The topological polar surface area (TPSA) is 111 Å². The van der Waals surface area contributed by atoms with Gasteiger partial charge in [0.2, 0.25) is 0 Å². The van der Waals surface area contributed by atoms with Crippen LogP contribution in [0.4, 0.5) is 0 Å². The van der Waals surface area contributed by atoms with E-state index in [1.165, 1.54) is 6.26 Å². The lowest BCUT2D eigenvalue weighted by atomic mass is 9.98. The summed E-state index contributed by atoms with van der Waals surface area (Å²) in [6.07, 6.45) is 1.12. The average molecular weight is 463 g/mol. The van der Waals surface area contributed by atoms with Gasteiger partial charge in [-0.2, -0.15) is 0 Å². The number of rotatable bonds is 9. The van der Waals surface area contributed by atoms with Crippen LogP contribution in [0.2, 0.25) is 0 Å². The Morgan fingerprint density at radius 1 is 1.32 bits per heavy atom. The van der Waals surface area contributed by atoms with Gasteiger partial charge in [-0.15, -0.1) is 0 Å². The summed E-state index contributed by atoms with van der Waals surface area (Å²) >= 11 is 0. The van der Waals surface area contributed by atoms with Gasteiger partial charge < -0.3 is 24.3 Å². The zero-order valence-corrected chi connectivity index (χ0v) is 19.1. The van der Waals surface area contributed by atoms with Gasteiger partial charge in [0.05, 0.1) is 47.0 Å². The van der Waals surface area contributed by atoms with E-state index in [1.54, 1.807) is 17.6 Å². The predicted molar refractivity (Wildman–Crippen MR) is 128 cm³/mol. The molecular formula is C26H26N2O6. The van der Waals surface area contributed by atoms with Crippen LogP contribution in [0, 0.1) is 0 Å². The van der Waals surface area contributed by atoms with Gasteiger partial charge in [0, 0.05) is 10.9 Å². The number of aliphatic hydroxyl groups is 1. The van der Waals surface area contributed by atoms with E-state index in [2.05, 4.69) is 13.2 Å². The summed E-state index contributed by atoms with van der Waals surface area (Å²) in [7, 11) is 0. The molecule has 2 aromatic heterocycles. The number of aliphatic hydroxyl groups excluding tert-OH is 1. The minimum atomic E-state index is -1.10. The third kappa shape index (κ3) is 3.97. The molecule has 0 saturated carbocycles. The number of carboxylic acids is 1. The number of hydrogen-bond acceptors (Lipinski definition) is 6. The summed E-state index contributed by atoms with van der Waals surface area (Å²) in [5.74, 6) is -0.591. The molecule has 0 amide bonds. The zero-order valence-electron chi connectivity index (χ0n) is 19.1. The Hall–Kier alpha value is -3.91. The molecule has 0 radical (unpaired) electrons. The summed E-state index contributed by atoms with van der Waals surface area (Å²) in [6, 6.07) is 7.20. The van der Waals surface area contributed by atoms with E-state index in [4.69, 9.17) is 19.6 Å². The molecule has 1 aliphatic rings. The predicted octanol–water partition coefficient (Wildman–Crippen LogP) is 3.72. The molecule has 1 atom stereocenters. The summed E-state index contributed by atoms with van der Waals surface area (Å²) in [6.45, 7) is 10.9. The molecule has 176 valence electrons. The number of ether oxygens (including phenoxy) is 2. The van der Waals surface area contributed by atoms with Crippen LogP contribution in [0.15, 0.2) is 54.1 Å². The van der Waals surface area contributed by atoms with E-state index in [0.717, 1.165) is 22.0 Å². The van der Waals surface area contributed by atoms with Gasteiger partial charge in [-0.3, -0.25) is 4.79 Å². The monoisotopic (exact) mass is 462 g/mol. The highest BCUT2D eigenvalue weighted by Crippen LogP contribution is 2.38. The molecule has 0 spiro atoms. The number of aryl methyl sites for hydroxylation is 1. The molecule has 1 aromatic carbocycles. The third-order valence-corrected chi connectivity index (χ3v) is 6.03. The van der Waals surface area contributed by atoms with Crippen molar-refractivity contribution in [1.29, 1.82) is 0 Å². The van der Waals surface area contributed by atoms with Gasteiger partial charge in [0.25, 0.3) is 5.56 Å². The minimum absolute atomic E-state index is 0.0254. The third-order valence-electron chi connectivity index (χ3n) is 6.03. The Kier molecular flexibility index (Phi) is 6.26. The van der Waals surface area contributed by atoms with Gasteiger partial charge >= 0.3 is 5.97 Å². The Balaban J connectivity index is 1.83. The van der Waals surface area contributed by atoms with Crippen molar-refractivity contribution in [2.24, 2.45) is 0 Å². The molecule has 0 aliphatic carbocycles. The number of hydrogen-bond donors (Lipinski definition) is 2. The van der Waals surface area contributed by atoms with Crippen molar-refractivity contribution in [3.05, 3.63) is 81.9 Å². The first kappa shape index (κ1) is 23.3. The smallest absolute Gasteiger partial charge is 0.334 e. The standard InChI is InChI=1S/C26H26N2O6/c1-5-17-19-9-16(34-12-14(3)26(31)32)7-8-22(19)27-24-20(17)11-28-23(24)10-18(15(4)29)21(25(28)30)13-33-6-2/h6-10,15,29H,2-3,5,11-13H2,1,4H3,(H,31,32). The van der Waals surface area contributed by atoms with Crippen molar-refractivity contribution in [2.45, 2.75) is 39.5 Å². The van der Waals surface area contributed by atoms with Gasteiger partial charge in [-0.25, -0.2) is 9.78 Å². The molecule has 1 unspecified atom stereocenters. The van der Waals surface area contributed by atoms with Gasteiger partial charge in [0.1, 0.15) is 19.0 Å². The first-order valence-corrected chi connectivity index (χ1v) is 10.9. The van der Waals surface area contributed by atoms with Crippen LogP contribution >= 0.6 is 0 Å². The van der Waals surface area contributed by atoms with Gasteiger partial charge in [-0.05, 0) is 48.7 Å². The lowest BCUT2D eigenvalue weighted by Gasteiger charge is -2.15. The summed E-state index contributed by atoms with van der Waals surface area (Å²) in [5, 5.41) is 20.2. The number of fused-ring (bicyclic) bond motifs is 4. The number of benzene rings is 1.